The zero-order valence-corrected chi connectivity index (χ0v) is 11.0. The fourth-order valence-corrected chi connectivity index (χ4v) is 1.94. The van der Waals surface area contributed by atoms with Gasteiger partial charge in [-0.3, -0.25) is 4.79 Å². The molecule has 3 atom stereocenters. The van der Waals surface area contributed by atoms with Crippen molar-refractivity contribution < 1.29 is 9.53 Å². The van der Waals surface area contributed by atoms with Crippen LogP contribution in [0, 0.1) is 11.3 Å². The standard InChI is InChI=1S/C12H24N2O2/c1-8(2)9(3)14(5)11(15)12(4)7-16-6-10(12)13/h8-10H,6-7,13H2,1-5H3. The van der Waals surface area contributed by atoms with Crippen LogP contribution in [0.2, 0.25) is 0 Å². The first-order valence-electron chi connectivity index (χ1n) is 5.91. The van der Waals surface area contributed by atoms with Crippen LogP contribution in [0.3, 0.4) is 0 Å². The Bertz CT molecular complexity index is 268. The predicted octanol–water partition coefficient (Wildman–Crippen LogP) is 0.853. The topological polar surface area (TPSA) is 55.6 Å². The van der Waals surface area contributed by atoms with Crippen molar-refractivity contribution in [3.8, 4) is 0 Å². The van der Waals surface area contributed by atoms with Gasteiger partial charge in [-0.25, -0.2) is 0 Å². The van der Waals surface area contributed by atoms with E-state index in [1.807, 2.05) is 14.0 Å². The molecule has 1 fully saturated rings. The van der Waals surface area contributed by atoms with Crippen LogP contribution < -0.4 is 5.73 Å². The van der Waals surface area contributed by atoms with Crippen LogP contribution in [-0.4, -0.2) is 43.2 Å². The first-order chi connectivity index (χ1) is 7.30. The van der Waals surface area contributed by atoms with Crippen LogP contribution in [0.1, 0.15) is 27.7 Å². The van der Waals surface area contributed by atoms with E-state index < -0.39 is 5.41 Å². The molecule has 1 aliphatic heterocycles. The summed E-state index contributed by atoms with van der Waals surface area (Å²) in [4.78, 5) is 14.2. The van der Waals surface area contributed by atoms with Gasteiger partial charge in [0.1, 0.15) is 0 Å². The van der Waals surface area contributed by atoms with Gasteiger partial charge in [-0.2, -0.15) is 0 Å². The lowest BCUT2D eigenvalue weighted by atomic mass is 9.83. The van der Waals surface area contributed by atoms with Gasteiger partial charge in [0, 0.05) is 19.1 Å². The summed E-state index contributed by atoms with van der Waals surface area (Å²) in [6, 6.07) is 0.0268. The Balaban J connectivity index is 2.77. The SMILES string of the molecule is CC(C)C(C)N(C)C(=O)C1(C)COCC1N. The van der Waals surface area contributed by atoms with Gasteiger partial charge >= 0.3 is 0 Å². The highest BCUT2D eigenvalue weighted by Gasteiger charge is 2.46. The van der Waals surface area contributed by atoms with Gasteiger partial charge in [0.05, 0.1) is 18.6 Å². The lowest BCUT2D eigenvalue weighted by molar-refractivity contribution is -0.143. The van der Waals surface area contributed by atoms with E-state index in [0.29, 0.717) is 19.1 Å². The van der Waals surface area contributed by atoms with E-state index in [-0.39, 0.29) is 18.0 Å². The van der Waals surface area contributed by atoms with Crippen molar-refractivity contribution in [2.24, 2.45) is 17.1 Å². The van der Waals surface area contributed by atoms with Gasteiger partial charge in [0.15, 0.2) is 0 Å². The summed E-state index contributed by atoms with van der Waals surface area (Å²) in [5.74, 6) is 0.537. The summed E-state index contributed by atoms with van der Waals surface area (Å²) < 4.78 is 5.31. The van der Waals surface area contributed by atoms with Crippen molar-refractivity contribution in [3.63, 3.8) is 0 Å². The smallest absolute Gasteiger partial charge is 0.232 e. The summed E-state index contributed by atoms with van der Waals surface area (Å²) in [6.45, 7) is 9.10. The van der Waals surface area contributed by atoms with Gasteiger partial charge in [-0.05, 0) is 19.8 Å². The lowest BCUT2D eigenvalue weighted by Gasteiger charge is -2.35. The summed E-state index contributed by atoms with van der Waals surface area (Å²) in [7, 11) is 1.85. The van der Waals surface area contributed by atoms with Crippen LogP contribution in [0.15, 0.2) is 0 Å². The first-order valence-corrected chi connectivity index (χ1v) is 5.91. The molecule has 4 nitrogen and oxygen atoms in total. The largest absolute Gasteiger partial charge is 0.379 e. The highest BCUT2D eigenvalue weighted by atomic mass is 16.5. The molecule has 0 aromatic heterocycles. The molecular weight excluding hydrogens is 204 g/mol. The Hall–Kier alpha value is -0.610. The monoisotopic (exact) mass is 228 g/mol. The third kappa shape index (κ3) is 2.23. The van der Waals surface area contributed by atoms with Crippen molar-refractivity contribution in [2.75, 3.05) is 20.3 Å². The molecule has 1 heterocycles. The minimum Gasteiger partial charge on any atom is -0.379 e. The molecule has 0 spiro atoms. The minimum absolute atomic E-state index is 0.0960. The molecule has 1 saturated heterocycles. The molecule has 0 saturated carbocycles. The van der Waals surface area contributed by atoms with E-state index in [9.17, 15) is 4.79 Å². The summed E-state index contributed by atoms with van der Waals surface area (Å²) in [5.41, 5.74) is 5.40. The summed E-state index contributed by atoms with van der Waals surface area (Å²) >= 11 is 0. The average molecular weight is 228 g/mol. The first kappa shape index (κ1) is 13.5. The van der Waals surface area contributed by atoms with Gasteiger partial charge in [0.25, 0.3) is 0 Å². The predicted molar refractivity (Wildman–Crippen MR) is 64.0 cm³/mol. The number of carbonyl (C=O) groups excluding carboxylic acids is 1. The highest BCUT2D eigenvalue weighted by molar-refractivity contribution is 5.83. The molecule has 4 heteroatoms. The van der Waals surface area contributed by atoms with Crippen LogP contribution in [-0.2, 0) is 9.53 Å². The Morgan fingerprint density at radius 3 is 2.44 bits per heavy atom. The van der Waals surface area contributed by atoms with Crippen molar-refractivity contribution in [3.05, 3.63) is 0 Å². The van der Waals surface area contributed by atoms with Crippen molar-refractivity contribution >= 4 is 5.91 Å². The Morgan fingerprint density at radius 2 is 2.06 bits per heavy atom. The molecule has 1 amide bonds. The van der Waals surface area contributed by atoms with Crippen LogP contribution in [0.4, 0.5) is 0 Å². The molecule has 0 bridgehead atoms. The quantitative estimate of drug-likeness (QED) is 0.779. The number of hydrogen-bond donors (Lipinski definition) is 1. The van der Waals surface area contributed by atoms with Gasteiger partial charge in [-0.1, -0.05) is 13.8 Å². The van der Waals surface area contributed by atoms with E-state index in [0.717, 1.165) is 0 Å². The minimum atomic E-state index is -0.558. The molecule has 3 unspecified atom stereocenters. The number of nitrogens with two attached hydrogens (primary N) is 1. The van der Waals surface area contributed by atoms with E-state index >= 15 is 0 Å². The second-order valence-corrected chi connectivity index (χ2v) is 5.44. The number of rotatable bonds is 3. The molecule has 0 radical (unpaired) electrons. The normalized spacial score (nSPS) is 31.8. The maximum Gasteiger partial charge on any atom is 0.232 e. The van der Waals surface area contributed by atoms with Crippen LogP contribution >= 0.6 is 0 Å². The molecule has 16 heavy (non-hydrogen) atoms. The van der Waals surface area contributed by atoms with E-state index in [2.05, 4.69) is 20.8 Å². The van der Waals surface area contributed by atoms with Gasteiger partial charge in [0.2, 0.25) is 5.91 Å². The maximum absolute atomic E-state index is 12.4. The lowest BCUT2D eigenvalue weighted by Crippen LogP contribution is -2.53. The summed E-state index contributed by atoms with van der Waals surface area (Å²) in [6.07, 6.45) is 0. The fraction of sp³-hybridized carbons (Fsp3) is 0.917. The third-order valence-corrected chi connectivity index (χ3v) is 3.90. The molecule has 0 aliphatic carbocycles. The fourth-order valence-electron chi connectivity index (χ4n) is 1.94. The van der Waals surface area contributed by atoms with E-state index in [4.69, 9.17) is 10.5 Å². The molecule has 94 valence electrons. The van der Waals surface area contributed by atoms with E-state index in [1.54, 1.807) is 4.90 Å². The van der Waals surface area contributed by atoms with Crippen LogP contribution in [0.25, 0.3) is 0 Å². The molecule has 1 aliphatic rings. The zero-order valence-electron chi connectivity index (χ0n) is 11.0. The molecule has 0 aromatic carbocycles. The van der Waals surface area contributed by atoms with Crippen molar-refractivity contribution in [1.82, 2.24) is 4.90 Å². The molecule has 1 rings (SSSR count). The second-order valence-electron chi connectivity index (χ2n) is 5.44. The van der Waals surface area contributed by atoms with Gasteiger partial charge < -0.3 is 15.4 Å². The summed E-state index contributed by atoms with van der Waals surface area (Å²) in [5, 5.41) is 0. The molecular formula is C12H24N2O2. The number of nitrogens with zero attached hydrogens (tertiary/aromatic N) is 1. The van der Waals surface area contributed by atoms with Crippen LogP contribution in [0.5, 0.6) is 0 Å². The number of hydrogen-bond acceptors (Lipinski definition) is 3. The Kier molecular flexibility index (Phi) is 3.97. The van der Waals surface area contributed by atoms with Gasteiger partial charge in [-0.15, -0.1) is 0 Å². The average Bonchev–Trinajstić information content (AvgIpc) is 2.57. The molecule has 2 N–H and O–H groups in total. The second kappa shape index (κ2) is 4.72. The number of carbonyl (C=O) groups is 1. The third-order valence-electron chi connectivity index (χ3n) is 3.90. The number of ether oxygens (including phenoxy) is 1. The number of amides is 1. The molecule has 0 aromatic rings. The van der Waals surface area contributed by atoms with Crippen molar-refractivity contribution in [1.29, 1.82) is 0 Å². The maximum atomic E-state index is 12.4. The van der Waals surface area contributed by atoms with E-state index in [1.165, 1.54) is 0 Å². The Labute approximate surface area is 98.1 Å². The Morgan fingerprint density at radius 1 is 1.50 bits per heavy atom. The highest BCUT2D eigenvalue weighted by Crippen LogP contribution is 2.30. The zero-order chi connectivity index (χ0) is 12.5. The van der Waals surface area contributed by atoms with Crippen molar-refractivity contribution in [2.45, 2.75) is 39.8 Å².